The molecule has 0 atom stereocenters. The van der Waals surface area contributed by atoms with Crippen LogP contribution in [0.2, 0.25) is 0 Å². The van der Waals surface area contributed by atoms with Crippen LogP contribution in [0.5, 0.6) is 0 Å². The molecule has 0 aliphatic rings. The molecule has 0 saturated carbocycles. The molecule has 5 nitrogen and oxygen atoms in total. The summed E-state index contributed by atoms with van der Waals surface area (Å²) in [5.41, 5.74) is 10.7. The van der Waals surface area contributed by atoms with Crippen LogP contribution in [-0.2, 0) is 0 Å². The molecule has 5 heteroatoms. The second-order valence-corrected chi connectivity index (χ2v) is 15.9. The van der Waals surface area contributed by atoms with Gasteiger partial charge in [-0.1, -0.05) is 140 Å². The maximum atomic E-state index is 6.54. The molecule has 0 radical (unpaired) electrons. The molecule has 0 saturated heterocycles. The van der Waals surface area contributed by atoms with E-state index >= 15 is 0 Å². The first kappa shape index (κ1) is 34.5. The van der Waals surface area contributed by atoms with Gasteiger partial charge in [-0.25, -0.2) is 15.0 Å². The number of hydrogen-bond donors (Lipinski definition) is 0. The smallest absolute Gasteiger partial charge is 0.164 e. The molecule has 0 amide bonds. The van der Waals surface area contributed by atoms with E-state index in [2.05, 4.69) is 140 Å². The zero-order chi connectivity index (χ0) is 40.7. The van der Waals surface area contributed by atoms with E-state index in [0.717, 1.165) is 88.0 Å². The van der Waals surface area contributed by atoms with E-state index in [-0.39, 0.29) is 0 Å². The third-order valence-corrected chi connectivity index (χ3v) is 12.3. The fourth-order valence-electron chi connectivity index (χ4n) is 9.30. The van der Waals surface area contributed by atoms with E-state index in [1.807, 2.05) is 60.7 Å². The van der Waals surface area contributed by atoms with Crippen molar-refractivity contribution in [3.8, 4) is 56.4 Å². The number of hydrogen-bond acceptors (Lipinski definition) is 5. The van der Waals surface area contributed by atoms with Crippen molar-refractivity contribution < 1.29 is 8.83 Å². The summed E-state index contributed by atoms with van der Waals surface area (Å²) in [5, 5.41) is 11.5. The average Bonchev–Trinajstić information content (AvgIpc) is 3.91. The van der Waals surface area contributed by atoms with Crippen LogP contribution in [0, 0.1) is 0 Å². The Morgan fingerprint density at radius 1 is 0.258 bits per heavy atom. The third-order valence-electron chi connectivity index (χ3n) is 12.3. The summed E-state index contributed by atoms with van der Waals surface area (Å²) in [4.78, 5) is 15.2. The Hall–Kier alpha value is -8.41. The van der Waals surface area contributed by atoms with Gasteiger partial charge in [-0.15, -0.1) is 0 Å². The lowest BCUT2D eigenvalue weighted by Gasteiger charge is -2.11. The molecule has 0 N–H and O–H groups in total. The zero-order valence-corrected chi connectivity index (χ0v) is 33.2. The summed E-state index contributed by atoms with van der Waals surface area (Å²) in [5.74, 6) is 1.82. The number of benzene rings is 10. The minimum atomic E-state index is 0.601. The van der Waals surface area contributed by atoms with Gasteiger partial charge < -0.3 is 8.83 Å². The van der Waals surface area contributed by atoms with E-state index in [1.54, 1.807) is 0 Å². The first-order chi connectivity index (χ1) is 30.7. The van der Waals surface area contributed by atoms with Crippen LogP contribution in [0.1, 0.15) is 0 Å². The van der Waals surface area contributed by atoms with Gasteiger partial charge in [-0.05, 0) is 115 Å². The van der Waals surface area contributed by atoms with E-state index in [9.17, 15) is 0 Å². The van der Waals surface area contributed by atoms with Crippen molar-refractivity contribution in [3.63, 3.8) is 0 Å². The first-order valence-corrected chi connectivity index (χ1v) is 20.8. The summed E-state index contributed by atoms with van der Waals surface area (Å²) >= 11 is 0. The van der Waals surface area contributed by atoms with E-state index in [1.165, 1.54) is 27.1 Å². The number of aromatic nitrogens is 3. The highest BCUT2D eigenvalue weighted by Crippen LogP contribution is 2.42. The largest absolute Gasteiger partial charge is 0.456 e. The van der Waals surface area contributed by atoms with E-state index in [0.29, 0.717) is 17.5 Å². The second-order valence-electron chi connectivity index (χ2n) is 15.9. The van der Waals surface area contributed by atoms with Crippen LogP contribution in [0.25, 0.3) is 133 Å². The summed E-state index contributed by atoms with van der Waals surface area (Å²) in [6, 6.07) is 70.1. The van der Waals surface area contributed by atoms with Crippen molar-refractivity contribution in [2.45, 2.75) is 0 Å². The predicted molar refractivity (Wildman–Crippen MR) is 254 cm³/mol. The zero-order valence-electron chi connectivity index (χ0n) is 33.2. The highest BCUT2D eigenvalue weighted by atomic mass is 16.3. The fraction of sp³-hybridized carbons (Fsp3) is 0. The summed E-state index contributed by atoms with van der Waals surface area (Å²) < 4.78 is 12.7. The van der Waals surface area contributed by atoms with Gasteiger partial charge in [0.05, 0.1) is 0 Å². The lowest BCUT2D eigenvalue weighted by atomic mass is 9.92. The molecule has 0 bridgehead atoms. The molecule has 3 aromatic heterocycles. The topological polar surface area (TPSA) is 65.0 Å². The molecule has 288 valence electrons. The Morgan fingerprint density at radius 2 is 0.806 bits per heavy atom. The lowest BCUT2D eigenvalue weighted by Crippen LogP contribution is -2.00. The lowest BCUT2D eigenvalue weighted by molar-refractivity contribution is 0.668. The van der Waals surface area contributed by atoms with Gasteiger partial charge in [0.25, 0.3) is 0 Å². The maximum Gasteiger partial charge on any atom is 0.164 e. The number of furan rings is 2. The van der Waals surface area contributed by atoms with E-state index < -0.39 is 0 Å². The quantitative estimate of drug-likeness (QED) is 0.162. The van der Waals surface area contributed by atoms with Gasteiger partial charge in [-0.3, -0.25) is 0 Å². The van der Waals surface area contributed by atoms with Gasteiger partial charge in [0.2, 0.25) is 0 Å². The van der Waals surface area contributed by atoms with Crippen molar-refractivity contribution in [3.05, 3.63) is 200 Å². The van der Waals surface area contributed by atoms with Crippen LogP contribution in [0.4, 0.5) is 0 Å². The SMILES string of the molecule is c1ccc(-c2nc(-c3ccc4ccc(-c5cccc6oc7ccc(-c8cc9ccccc9c9ccccc89)cc7c56)cc4c3)nc(-c3ccc4oc5ccccc5c4c3)n2)cc1. The van der Waals surface area contributed by atoms with Crippen LogP contribution in [-0.4, -0.2) is 15.0 Å². The molecule has 0 unspecified atom stereocenters. The van der Waals surface area contributed by atoms with Crippen molar-refractivity contribution >= 4 is 76.2 Å². The Labute approximate surface area is 355 Å². The molecular formula is C57H33N3O2. The van der Waals surface area contributed by atoms with Gasteiger partial charge in [0, 0.05) is 38.2 Å². The van der Waals surface area contributed by atoms with Crippen molar-refractivity contribution in [1.29, 1.82) is 0 Å². The van der Waals surface area contributed by atoms with Crippen molar-refractivity contribution in [2.24, 2.45) is 0 Å². The van der Waals surface area contributed by atoms with Crippen LogP contribution >= 0.6 is 0 Å². The van der Waals surface area contributed by atoms with Crippen LogP contribution in [0.15, 0.2) is 209 Å². The molecule has 13 aromatic rings. The molecule has 0 aliphatic heterocycles. The van der Waals surface area contributed by atoms with Crippen LogP contribution < -0.4 is 0 Å². The van der Waals surface area contributed by atoms with Gasteiger partial charge in [0.15, 0.2) is 17.5 Å². The van der Waals surface area contributed by atoms with Gasteiger partial charge in [-0.2, -0.15) is 0 Å². The predicted octanol–water partition coefficient (Wildman–Crippen LogP) is 15.5. The third kappa shape index (κ3) is 5.52. The standard InChI is InChI=1S/C57H33N3O2/c1-2-11-35(12-3-1)55-58-56(60-57(59-55)40-26-28-51-48(33-40)46-17-8-9-19-50(46)61-51)39-24-22-34-21-23-37(29-41(34)30-39)43-18-10-20-53-54(43)49-32-38(25-27-52(49)62-53)47-31-36-13-4-5-14-42(36)44-15-6-7-16-45(44)47/h1-33H. The second kappa shape index (κ2) is 13.6. The highest BCUT2D eigenvalue weighted by molar-refractivity contribution is 6.17. The number of rotatable bonds is 5. The maximum absolute atomic E-state index is 6.54. The highest BCUT2D eigenvalue weighted by Gasteiger charge is 2.18. The van der Waals surface area contributed by atoms with Crippen LogP contribution in [0.3, 0.4) is 0 Å². The number of nitrogens with zero attached hydrogens (tertiary/aromatic N) is 3. The van der Waals surface area contributed by atoms with Gasteiger partial charge >= 0.3 is 0 Å². The molecule has 0 fully saturated rings. The minimum Gasteiger partial charge on any atom is -0.456 e. The minimum absolute atomic E-state index is 0.601. The number of fused-ring (bicyclic) bond motifs is 10. The average molecular weight is 792 g/mol. The molecule has 13 rings (SSSR count). The Morgan fingerprint density at radius 3 is 1.65 bits per heavy atom. The Balaban J connectivity index is 0.946. The molecule has 62 heavy (non-hydrogen) atoms. The summed E-state index contributed by atoms with van der Waals surface area (Å²) in [7, 11) is 0. The molecule has 0 aliphatic carbocycles. The normalized spacial score (nSPS) is 11.9. The molecule has 0 spiro atoms. The van der Waals surface area contributed by atoms with Crippen molar-refractivity contribution in [1.82, 2.24) is 15.0 Å². The molecule has 10 aromatic carbocycles. The Bertz CT molecular complexity index is 3940. The molecular weight excluding hydrogens is 759 g/mol. The summed E-state index contributed by atoms with van der Waals surface area (Å²) in [6.07, 6.45) is 0. The van der Waals surface area contributed by atoms with Crippen molar-refractivity contribution in [2.75, 3.05) is 0 Å². The fourth-order valence-corrected chi connectivity index (χ4v) is 9.30. The first-order valence-electron chi connectivity index (χ1n) is 20.8. The monoisotopic (exact) mass is 791 g/mol. The van der Waals surface area contributed by atoms with E-state index in [4.69, 9.17) is 23.8 Å². The summed E-state index contributed by atoms with van der Waals surface area (Å²) in [6.45, 7) is 0. The Kier molecular flexibility index (Phi) is 7.54. The molecule has 3 heterocycles. The van der Waals surface area contributed by atoms with Gasteiger partial charge in [0.1, 0.15) is 22.3 Å². The number of para-hydroxylation sites is 1.